The van der Waals surface area contributed by atoms with E-state index in [0.717, 1.165) is 6.07 Å². The highest BCUT2D eigenvalue weighted by atomic mass is 31.2. The summed E-state index contributed by atoms with van der Waals surface area (Å²) in [6, 6.07) is 1.53. The van der Waals surface area contributed by atoms with E-state index in [1.54, 1.807) is 0 Å². The first-order valence-electron chi connectivity index (χ1n) is 5.48. The van der Waals surface area contributed by atoms with Gasteiger partial charge < -0.3 is 18.6 Å². The summed E-state index contributed by atoms with van der Waals surface area (Å²) in [6.07, 6.45) is -4.68. The molecule has 0 amide bonds. The van der Waals surface area contributed by atoms with E-state index in [4.69, 9.17) is 9.05 Å². The fourth-order valence-corrected chi connectivity index (χ4v) is 2.87. The smallest absolute Gasteiger partial charge is 0.449 e. The van der Waals surface area contributed by atoms with E-state index in [1.807, 2.05) is 0 Å². The van der Waals surface area contributed by atoms with Gasteiger partial charge in [0.05, 0.1) is 13.2 Å². The van der Waals surface area contributed by atoms with Gasteiger partial charge in [0.15, 0.2) is 0 Å². The van der Waals surface area contributed by atoms with Crippen LogP contribution in [0.3, 0.4) is 0 Å². The lowest BCUT2D eigenvalue weighted by molar-refractivity contribution is -0.153. The van der Waals surface area contributed by atoms with Gasteiger partial charge in [0, 0.05) is 0 Å². The predicted molar refractivity (Wildman–Crippen MR) is 59.5 cm³/mol. The SMILES string of the molecule is CCOP(=O)(OCC)C(O)c1ccc(C(F)(F)F)o1. The number of hydrogen-bond donors (Lipinski definition) is 1. The quantitative estimate of drug-likeness (QED) is 0.814. The van der Waals surface area contributed by atoms with Gasteiger partial charge in [-0.2, -0.15) is 13.2 Å². The van der Waals surface area contributed by atoms with Gasteiger partial charge in [-0.3, -0.25) is 4.57 Å². The third-order valence-corrected chi connectivity index (χ3v) is 4.17. The van der Waals surface area contributed by atoms with Gasteiger partial charge in [0.2, 0.25) is 11.6 Å². The second kappa shape index (κ2) is 6.09. The molecule has 1 rings (SSSR count). The third kappa shape index (κ3) is 3.82. The Hall–Kier alpha value is -0.820. The zero-order valence-electron chi connectivity index (χ0n) is 10.3. The van der Waals surface area contributed by atoms with Gasteiger partial charge in [-0.25, -0.2) is 0 Å². The predicted octanol–water partition coefficient (Wildman–Crippen LogP) is 3.56. The van der Waals surface area contributed by atoms with Crippen molar-refractivity contribution in [3.63, 3.8) is 0 Å². The van der Waals surface area contributed by atoms with Crippen LogP contribution in [0.2, 0.25) is 0 Å². The average Bonchev–Trinajstić information content (AvgIpc) is 2.77. The molecule has 110 valence electrons. The minimum Gasteiger partial charge on any atom is -0.453 e. The van der Waals surface area contributed by atoms with E-state index in [0.29, 0.717) is 6.07 Å². The molecule has 5 nitrogen and oxygen atoms in total. The molecule has 0 aliphatic carbocycles. The summed E-state index contributed by atoms with van der Waals surface area (Å²) in [5, 5.41) is 9.81. The number of aliphatic hydroxyl groups excluding tert-OH is 1. The van der Waals surface area contributed by atoms with E-state index in [9.17, 15) is 22.8 Å². The van der Waals surface area contributed by atoms with Crippen molar-refractivity contribution in [1.82, 2.24) is 0 Å². The first-order valence-corrected chi connectivity index (χ1v) is 7.09. The lowest BCUT2D eigenvalue weighted by Gasteiger charge is -2.20. The second-order valence-corrected chi connectivity index (χ2v) is 5.53. The van der Waals surface area contributed by atoms with E-state index in [-0.39, 0.29) is 13.2 Å². The third-order valence-electron chi connectivity index (χ3n) is 2.08. The molecule has 1 unspecified atom stereocenters. The lowest BCUT2D eigenvalue weighted by atomic mass is 10.4. The number of aliphatic hydroxyl groups is 1. The van der Waals surface area contributed by atoms with Crippen molar-refractivity contribution in [3.05, 3.63) is 23.7 Å². The van der Waals surface area contributed by atoms with Gasteiger partial charge in [-0.15, -0.1) is 0 Å². The molecule has 1 N–H and O–H groups in total. The molecule has 0 spiro atoms. The Kier molecular flexibility index (Phi) is 5.20. The largest absolute Gasteiger partial charge is 0.453 e. The molecule has 9 heteroatoms. The Bertz CT molecular complexity index is 446. The van der Waals surface area contributed by atoms with Crippen molar-refractivity contribution in [2.24, 2.45) is 0 Å². The first-order chi connectivity index (χ1) is 8.74. The second-order valence-electron chi connectivity index (χ2n) is 3.45. The Labute approximate surface area is 107 Å². The molecule has 0 radical (unpaired) electrons. The summed E-state index contributed by atoms with van der Waals surface area (Å²) in [4.78, 5) is 0. The maximum Gasteiger partial charge on any atom is 0.449 e. The number of rotatable bonds is 6. The number of alkyl halides is 3. The van der Waals surface area contributed by atoms with Crippen molar-refractivity contribution in [3.8, 4) is 0 Å². The highest BCUT2D eigenvalue weighted by Crippen LogP contribution is 2.59. The molecule has 0 saturated heterocycles. The zero-order valence-corrected chi connectivity index (χ0v) is 11.2. The van der Waals surface area contributed by atoms with Gasteiger partial charge in [0.1, 0.15) is 5.76 Å². The summed E-state index contributed by atoms with van der Waals surface area (Å²) in [7, 11) is -3.98. The highest BCUT2D eigenvalue weighted by molar-refractivity contribution is 7.54. The first kappa shape index (κ1) is 16.2. The fraction of sp³-hybridized carbons (Fsp3) is 0.600. The normalized spacial score (nSPS) is 14.6. The molecule has 0 saturated carbocycles. The number of furan rings is 1. The van der Waals surface area contributed by atoms with Crippen LogP contribution in [0.25, 0.3) is 0 Å². The molecule has 19 heavy (non-hydrogen) atoms. The molecule has 0 bridgehead atoms. The Morgan fingerprint density at radius 3 is 2.21 bits per heavy atom. The molecule has 1 atom stereocenters. The van der Waals surface area contributed by atoms with Crippen molar-refractivity contribution < 1.29 is 36.3 Å². The van der Waals surface area contributed by atoms with E-state index < -0.39 is 31.1 Å². The molecular weight excluding hydrogens is 288 g/mol. The Morgan fingerprint density at radius 1 is 1.32 bits per heavy atom. The van der Waals surface area contributed by atoms with Crippen molar-refractivity contribution in [2.75, 3.05) is 13.2 Å². The Morgan fingerprint density at radius 2 is 1.84 bits per heavy atom. The van der Waals surface area contributed by atoms with Crippen molar-refractivity contribution in [2.45, 2.75) is 25.9 Å². The minimum atomic E-state index is -4.68. The summed E-state index contributed by atoms with van der Waals surface area (Å²) < 4.78 is 63.3. The Balaban J connectivity index is 3.00. The van der Waals surface area contributed by atoms with Gasteiger partial charge in [-0.05, 0) is 26.0 Å². The molecule has 1 aromatic rings. The van der Waals surface area contributed by atoms with E-state index >= 15 is 0 Å². The number of hydrogen-bond acceptors (Lipinski definition) is 5. The van der Waals surface area contributed by atoms with Crippen LogP contribution in [0.5, 0.6) is 0 Å². The minimum absolute atomic E-state index is 0.0266. The fourth-order valence-electron chi connectivity index (χ4n) is 1.34. The van der Waals surface area contributed by atoms with Crippen molar-refractivity contribution in [1.29, 1.82) is 0 Å². The molecule has 1 heterocycles. The molecule has 0 aliphatic rings. The van der Waals surface area contributed by atoms with Gasteiger partial charge in [-0.1, -0.05) is 0 Å². The number of halogens is 3. The topological polar surface area (TPSA) is 68.9 Å². The van der Waals surface area contributed by atoms with Crippen LogP contribution in [0.4, 0.5) is 13.2 Å². The standard InChI is InChI=1S/C10H14F3O5P/c1-3-16-19(15,17-4-2)9(14)7-5-6-8(18-7)10(11,12)13/h5-6,9,14H,3-4H2,1-2H3. The maximum atomic E-state index is 12.4. The van der Waals surface area contributed by atoms with Crippen LogP contribution < -0.4 is 0 Å². The van der Waals surface area contributed by atoms with Crippen LogP contribution in [0.15, 0.2) is 16.5 Å². The van der Waals surface area contributed by atoms with Crippen LogP contribution in [0.1, 0.15) is 31.2 Å². The zero-order chi connectivity index (χ0) is 14.7. The monoisotopic (exact) mass is 302 g/mol. The molecule has 0 aliphatic heterocycles. The van der Waals surface area contributed by atoms with Gasteiger partial charge in [0.25, 0.3) is 0 Å². The van der Waals surface area contributed by atoms with Crippen LogP contribution in [0, 0.1) is 0 Å². The van der Waals surface area contributed by atoms with Crippen LogP contribution in [-0.4, -0.2) is 18.3 Å². The molecule has 1 aromatic heterocycles. The van der Waals surface area contributed by atoms with Crippen molar-refractivity contribution >= 4 is 7.60 Å². The maximum absolute atomic E-state index is 12.4. The van der Waals surface area contributed by atoms with Crippen LogP contribution in [-0.2, 0) is 19.8 Å². The molecule has 0 fully saturated rings. The van der Waals surface area contributed by atoms with Crippen LogP contribution >= 0.6 is 7.60 Å². The summed E-state index contributed by atoms with van der Waals surface area (Å²) in [5.41, 5.74) is 0. The molecular formula is C10H14F3O5P. The van der Waals surface area contributed by atoms with Gasteiger partial charge >= 0.3 is 13.8 Å². The van der Waals surface area contributed by atoms with E-state index in [2.05, 4.69) is 4.42 Å². The van der Waals surface area contributed by atoms with E-state index in [1.165, 1.54) is 13.8 Å². The molecule has 0 aromatic carbocycles. The summed E-state index contributed by atoms with van der Waals surface area (Å²) in [5.74, 6) is -3.71. The summed E-state index contributed by atoms with van der Waals surface area (Å²) in [6.45, 7) is 2.98. The lowest BCUT2D eigenvalue weighted by Crippen LogP contribution is -2.06. The average molecular weight is 302 g/mol. The summed E-state index contributed by atoms with van der Waals surface area (Å²) >= 11 is 0. The highest BCUT2D eigenvalue weighted by Gasteiger charge is 2.40.